The van der Waals surface area contributed by atoms with Crippen molar-refractivity contribution in [2.75, 3.05) is 18.5 Å². The third-order valence-corrected chi connectivity index (χ3v) is 5.82. The van der Waals surface area contributed by atoms with E-state index >= 15 is 0 Å². The predicted molar refractivity (Wildman–Crippen MR) is 130 cm³/mol. The highest BCUT2D eigenvalue weighted by Gasteiger charge is 2.27. The van der Waals surface area contributed by atoms with Crippen molar-refractivity contribution in [1.82, 2.24) is 5.32 Å². The maximum absolute atomic E-state index is 12.6. The molecule has 1 aliphatic rings. The number of benzene rings is 2. The number of ether oxygens (including phenoxy) is 2. The Kier molecular flexibility index (Phi) is 8.23. The molecule has 0 spiro atoms. The first-order valence-electron chi connectivity index (χ1n) is 10.5. The van der Waals surface area contributed by atoms with Gasteiger partial charge < -0.3 is 20.1 Å². The van der Waals surface area contributed by atoms with Gasteiger partial charge in [-0.1, -0.05) is 36.9 Å². The van der Waals surface area contributed by atoms with E-state index in [1.165, 1.54) is 17.3 Å². The van der Waals surface area contributed by atoms with Crippen LogP contribution in [0.1, 0.15) is 30.5 Å². The molecular formula is C25H27N3O3S. The molecule has 1 amide bonds. The third-order valence-electron chi connectivity index (χ3n) is 4.79. The van der Waals surface area contributed by atoms with Crippen molar-refractivity contribution in [2.45, 2.75) is 32.2 Å². The van der Waals surface area contributed by atoms with Crippen LogP contribution in [0.25, 0.3) is 6.08 Å². The number of amides is 1. The van der Waals surface area contributed by atoms with E-state index < -0.39 is 0 Å². The van der Waals surface area contributed by atoms with Crippen molar-refractivity contribution >= 4 is 29.4 Å². The lowest BCUT2D eigenvalue weighted by molar-refractivity contribution is -0.116. The summed E-state index contributed by atoms with van der Waals surface area (Å²) in [4.78, 5) is 13.2. The number of nitriles is 1. The van der Waals surface area contributed by atoms with Gasteiger partial charge in [-0.25, -0.2) is 0 Å². The number of nitrogens with one attached hydrogen (secondary N) is 2. The Balaban J connectivity index is 1.83. The van der Waals surface area contributed by atoms with Crippen molar-refractivity contribution in [1.29, 1.82) is 5.26 Å². The molecule has 1 fully saturated rings. The molecule has 2 aromatic carbocycles. The molecule has 0 bridgehead atoms. The number of nitrogens with zero attached hydrogens (tertiary/aromatic N) is 1. The topological polar surface area (TPSA) is 83.4 Å². The first-order valence-corrected chi connectivity index (χ1v) is 11.4. The summed E-state index contributed by atoms with van der Waals surface area (Å²) in [7, 11) is 0. The molecule has 6 nitrogen and oxygen atoms in total. The van der Waals surface area contributed by atoms with Crippen molar-refractivity contribution in [3.05, 3.63) is 70.6 Å². The minimum atomic E-state index is -0.251. The van der Waals surface area contributed by atoms with Crippen molar-refractivity contribution < 1.29 is 14.3 Å². The molecule has 2 aromatic rings. The molecule has 166 valence electrons. The van der Waals surface area contributed by atoms with Gasteiger partial charge in [-0.2, -0.15) is 5.26 Å². The highest BCUT2D eigenvalue weighted by Crippen LogP contribution is 2.36. The van der Waals surface area contributed by atoms with Gasteiger partial charge in [0.15, 0.2) is 23.6 Å². The molecule has 0 saturated carbocycles. The molecule has 1 atom stereocenters. The number of carbonyl (C=O) groups is 1. The Bertz CT molecular complexity index is 1040. The quantitative estimate of drug-likeness (QED) is 0.397. The summed E-state index contributed by atoms with van der Waals surface area (Å²) in [6.07, 6.45) is 5.14. The maximum Gasteiger partial charge on any atom is 0.260 e. The Morgan fingerprint density at radius 1 is 1.25 bits per heavy atom. The van der Waals surface area contributed by atoms with Crippen LogP contribution in [0.5, 0.6) is 11.5 Å². The van der Waals surface area contributed by atoms with Gasteiger partial charge in [-0.15, -0.1) is 6.58 Å². The van der Waals surface area contributed by atoms with Crippen LogP contribution in [0.4, 0.5) is 5.69 Å². The van der Waals surface area contributed by atoms with Crippen LogP contribution in [0.15, 0.2) is 54.0 Å². The van der Waals surface area contributed by atoms with Crippen LogP contribution < -0.4 is 20.1 Å². The van der Waals surface area contributed by atoms with Gasteiger partial charge >= 0.3 is 0 Å². The van der Waals surface area contributed by atoms with Gasteiger partial charge in [0.2, 0.25) is 0 Å². The zero-order valence-corrected chi connectivity index (χ0v) is 19.1. The fourth-order valence-electron chi connectivity index (χ4n) is 3.31. The fraction of sp³-hybridized carbons (Fsp3) is 0.280. The van der Waals surface area contributed by atoms with E-state index in [9.17, 15) is 4.79 Å². The molecule has 2 N–H and O–H groups in total. The van der Waals surface area contributed by atoms with Crippen LogP contribution in [0.2, 0.25) is 0 Å². The number of thioether (sulfide) groups is 1. The summed E-state index contributed by atoms with van der Waals surface area (Å²) < 4.78 is 11.4. The average molecular weight is 450 g/mol. The Morgan fingerprint density at radius 2 is 2.03 bits per heavy atom. The van der Waals surface area contributed by atoms with E-state index in [-0.39, 0.29) is 18.0 Å². The minimum Gasteiger partial charge on any atom is -0.490 e. The number of hydrogen-bond acceptors (Lipinski definition) is 6. The summed E-state index contributed by atoms with van der Waals surface area (Å²) in [6.45, 7) is 8.19. The largest absolute Gasteiger partial charge is 0.490 e. The molecule has 0 aromatic heterocycles. The molecule has 1 aliphatic heterocycles. The number of rotatable bonds is 10. The summed E-state index contributed by atoms with van der Waals surface area (Å²) in [6, 6.07) is 13.9. The Hall–Kier alpha value is -3.37. The normalized spacial score (nSPS) is 16.3. The second-order valence-electron chi connectivity index (χ2n) is 7.05. The van der Waals surface area contributed by atoms with Gasteiger partial charge in [0.25, 0.3) is 5.91 Å². The highest BCUT2D eigenvalue weighted by molar-refractivity contribution is 8.05. The second kappa shape index (κ2) is 11.3. The zero-order chi connectivity index (χ0) is 22.9. The van der Waals surface area contributed by atoms with Crippen LogP contribution in [-0.4, -0.2) is 24.6 Å². The lowest BCUT2D eigenvalue weighted by Crippen LogP contribution is -2.30. The molecule has 3 rings (SSSR count). The summed E-state index contributed by atoms with van der Waals surface area (Å²) in [5.74, 6) is 0.947. The lowest BCUT2D eigenvalue weighted by atomic mass is 10.0. The number of anilines is 1. The van der Waals surface area contributed by atoms with Crippen LogP contribution in [0, 0.1) is 11.3 Å². The van der Waals surface area contributed by atoms with Gasteiger partial charge in [-0.05, 0) is 61.2 Å². The number of allylic oxidation sites excluding steroid dienone is 1. The van der Waals surface area contributed by atoms with E-state index in [1.54, 1.807) is 6.08 Å². The SMILES string of the molecule is C=CCc1cc(/C=C2\S[C@@H](Nc3ccc(CC)cc3)NC2=O)cc(OCC)c1OCC#N. The Morgan fingerprint density at radius 3 is 2.69 bits per heavy atom. The number of carbonyl (C=O) groups excluding carboxylic acids is 1. The monoisotopic (exact) mass is 449 g/mol. The lowest BCUT2D eigenvalue weighted by Gasteiger charge is -2.15. The highest BCUT2D eigenvalue weighted by atomic mass is 32.2. The molecule has 0 unspecified atom stereocenters. The molecular weight excluding hydrogens is 422 g/mol. The van der Waals surface area contributed by atoms with Gasteiger partial charge in [-0.3, -0.25) is 4.79 Å². The van der Waals surface area contributed by atoms with Gasteiger partial charge in [0.05, 0.1) is 11.5 Å². The van der Waals surface area contributed by atoms with Gasteiger partial charge in [0, 0.05) is 11.3 Å². The predicted octanol–water partition coefficient (Wildman–Crippen LogP) is 4.88. The third kappa shape index (κ3) is 5.86. The maximum atomic E-state index is 12.6. The van der Waals surface area contributed by atoms with E-state index in [2.05, 4.69) is 36.3 Å². The van der Waals surface area contributed by atoms with E-state index in [0.29, 0.717) is 29.4 Å². The summed E-state index contributed by atoms with van der Waals surface area (Å²) in [5, 5.41) is 15.2. The fourth-order valence-corrected chi connectivity index (χ4v) is 4.29. The first kappa shape index (κ1) is 23.3. The van der Waals surface area contributed by atoms with E-state index in [4.69, 9.17) is 14.7 Å². The standard InChI is InChI=1S/C25H27N3O3S/c1-4-7-19-14-18(15-21(30-6-3)23(19)31-13-12-26)16-22-24(29)28-25(32-22)27-20-10-8-17(5-2)9-11-20/h4,8-11,14-16,25,27H,1,5-7,13H2,2-3H3,(H,28,29)/b22-16-/t25-/m0/s1. The van der Waals surface area contributed by atoms with Crippen LogP contribution >= 0.6 is 11.8 Å². The van der Waals surface area contributed by atoms with Crippen molar-refractivity contribution in [3.8, 4) is 17.6 Å². The second-order valence-corrected chi connectivity index (χ2v) is 8.20. The van der Waals surface area contributed by atoms with E-state index in [0.717, 1.165) is 23.2 Å². The molecule has 1 heterocycles. The van der Waals surface area contributed by atoms with Crippen molar-refractivity contribution in [2.24, 2.45) is 0 Å². The number of hydrogen-bond donors (Lipinski definition) is 2. The van der Waals surface area contributed by atoms with Crippen LogP contribution in [-0.2, 0) is 17.6 Å². The zero-order valence-electron chi connectivity index (χ0n) is 18.3. The molecule has 1 saturated heterocycles. The summed E-state index contributed by atoms with van der Waals surface area (Å²) >= 11 is 1.43. The van der Waals surface area contributed by atoms with Gasteiger partial charge in [0.1, 0.15) is 6.07 Å². The molecule has 32 heavy (non-hydrogen) atoms. The van der Waals surface area contributed by atoms with Crippen molar-refractivity contribution in [3.63, 3.8) is 0 Å². The van der Waals surface area contributed by atoms with Crippen LogP contribution in [0.3, 0.4) is 0 Å². The number of aryl methyl sites for hydroxylation is 1. The average Bonchev–Trinajstić information content (AvgIpc) is 3.12. The summed E-state index contributed by atoms with van der Waals surface area (Å²) in [5.41, 5.74) is 3.63. The Labute approximate surface area is 193 Å². The molecule has 0 aliphatic carbocycles. The first-order chi connectivity index (χ1) is 15.6. The molecule has 0 radical (unpaired) electrons. The molecule has 7 heteroatoms. The minimum absolute atomic E-state index is 0.0739. The smallest absolute Gasteiger partial charge is 0.260 e. The van der Waals surface area contributed by atoms with E-state index in [1.807, 2.05) is 43.3 Å².